The van der Waals surface area contributed by atoms with Crippen LogP contribution in [0.3, 0.4) is 0 Å². The summed E-state index contributed by atoms with van der Waals surface area (Å²) in [6.07, 6.45) is 1.53. The van der Waals surface area contributed by atoms with Gasteiger partial charge in [0.2, 0.25) is 0 Å². The Labute approximate surface area is 198 Å². The van der Waals surface area contributed by atoms with Crippen molar-refractivity contribution in [2.45, 2.75) is 0 Å². The van der Waals surface area contributed by atoms with Gasteiger partial charge in [-0.25, -0.2) is 0 Å². The van der Waals surface area contributed by atoms with Gasteiger partial charge in [0.15, 0.2) is 5.43 Å². The number of benzene rings is 3. The fourth-order valence-electron chi connectivity index (χ4n) is 4.41. The summed E-state index contributed by atoms with van der Waals surface area (Å²) in [6, 6.07) is 23.1. The highest BCUT2D eigenvalue weighted by Crippen LogP contribution is 2.28. The molecule has 4 aromatic rings. The van der Waals surface area contributed by atoms with E-state index < -0.39 is 0 Å². The van der Waals surface area contributed by atoms with Crippen LogP contribution >= 0.6 is 0 Å². The standard InChI is InChI=1S/C28H28N2O4/c1-32-26-10-6-5-9-25(26)30-15-13-29(14-16-30)17-18-33-22-11-12-23-27(19-22)34-20-24(28(23)31)21-7-3-2-4-8-21/h2-12,19-20H,13-18H2,1H3. The molecule has 0 bridgehead atoms. The fourth-order valence-corrected chi connectivity index (χ4v) is 4.41. The van der Waals surface area contributed by atoms with Crippen LogP contribution in [-0.4, -0.2) is 51.3 Å². The molecular formula is C28H28N2O4. The van der Waals surface area contributed by atoms with E-state index in [1.807, 2.05) is 54.6 Å². The number of ether oxygens (including phenoxy) is 2. The Hall–Kier alpha value is -3.77. The van der Waals surface area contributed by atoms with Gasteiger partial charge in [-0.15, -0.1) is 0 Å². The third-order valence-electron chi connectivity index (χ3n) is 6.31. The number of methoxy groups -OCH3 is 1. The van der Waals surface area contributed by atoms with Gasteiger partial charge in [-0.1, -0.05) is 42.5 Å². The third-order valence-corrected chi connectivity index (χ3v) is 6.31. The maximum absolute atomic E-state index is 12.9. The zero-order chi connectivity index (χ0) is 23.3. The van der Waals surface area contributed by atoms with Crippen molar-refractivity contribution in [2.24, 2.45) is 0 Å². The van der Waals surface area contributed by atoms with Gasteiger partial charge >= 0.3 is 0 Å². The molecular weight excluding hydrogens is 428 g/mol. The van der Waals surface area contributed by atoms with Crippen LogP contribution < -0.4 is 19.8 Å². The molecule has 0 saturated carbocycles. The zero-order valence-electron chi connectivity index (χ0n) is 19.3. The van der Waals surface area contributed by atoms with Crippen LogP contribution in [0.15, 0.2) is 88.3 Å². The number of nitrogens with zero attached hydrogens (tertiary/aromatic N) is 2. The van der Waals surface area contributed by atoms with Crippen molar-refractivity contribution >= 4 is 16.7 Å². The molecule has 6 heteroatoms. The number of hydrogen-bond donors (Lipinski definition) is 0. The van der Waals surface area contributed by atoms with E-state index in [0.717, 1.165) is 49.7 Å². The molecule has 1 fully saturated rings. The minimum absolute atomic E-state index is 0.0353. The van der Waals surface area contributed by atoms with E-state index in [0.29, 0.717) is 28.9 Å². The molecule has 174 valence electrons. The fraction of sp³-hybridized carbons (Fsp3) is 0.250. The molecule has 2 heterocycles. The monoisotopic (exact) mass is 456 g/mol. The van der Waals surface area contributed by atoms with Crippen molar-refractivity contribution in [1.29, 1.82) is 0 Å². The van der Waals surface area contributed by atoms with E-state index in [-0.39, 0.29) is 5.43 Å². The van der Waals surface area contributed by atoms with E-state index in [1.54, 1.807) is 19.2 Å². The van der Waals surface area contributed by atoms with Crippen LogP contribution in [0.4, 0.5) is 5.69 Å². The zero-order valence-corrected chi connectivity index (χ0v) is 19.3. The molecule has 0 spiro atoms. The Morgan fingerprint density at radius 2 is 1.68 bits per heavy atom. The lowest BCUT2D eigenvalue weighted by Crippen LogP contribution is -2.47. The number of fused-ring (bicyclic) bond motifs is 1. The first-order valence-electron chi connectivity index (χ1n) is 11.6. The van der Waals surface area contributed by atoms with E-state index in [9.17, 15) is 4.79 Å². The largest absolute Gasteiger partial charge is 0.495 e. The molecule has 1 aromatic heterocycles. The predicted octanol–water partition coefficient (Wildman–Crippen LogP) is 4.67. The Bertz CT molecular complexity index is 1310. The highest BCUT2D eigenvalue weighted by Gasteiger charge is 2.19. The Morgan fingerprint density at radius 3 is 2.47 bits per heavy atom. The van der Waals surface area contributed by atoms with Crippen LogP contribution in [0.1, 0.15) is 0 Å². The lowest BCUT2D eigenvalue weighted by molar-refractivity contribution is 0.200. The topological polar surface area (TPSA) is 55.2 Å². The summed E-state index contributed by atoms with van der Waals surface area (Å²) in [6.45, 7) is 5.25. The van der Waals surface area contributed by atoms with Crippen LogP contribution in [0.25, 0.3) is 22.1 Å². The second-order valence-corrected chi connectivity index (χ2v) is 8.35. The molecule has 1 saturated heterocycles. The van der Waals surface area contributed by atoms with E-state index in [1.165, 1.54) is 6.26 Å². The van der Waals surface area contributed by atoms with Crippen molar-refractivity contribution < 1.29 is 13.9 Å². The van der Waals surface area contributed by atoms with Gasteiger partial charge < -0.3 is 18.8 Å². The number of piperazine rings is 1. The number of hydrogen-bond acceptors (Lipinski definition) is 6. The molecule has 0 radical (unpaired) electrons. The van der Waals surface area contributed by atoms with Crippen LogP contribution in [0, 0.1) is 0 Å². The summed E-state index contributed by atoms with van der Waals surface area (Å²) in [7, 11) is 1.71. The molecule has 0 unspecified atom stereocenters. The Kier molecular flexibility index (Phi) is 6.49. The maximum atomic E-state index is 12.9. The number of para-hydroxylation sites is 2. The van der Waals surface area contributed by atoms with Crippen LogP contribution in [0.2, 0.25) is 0 Å². The average molecular weight is 457 g/mol. The van der Waals surface area contributed by atoms with Crippen LogP contribution in [-0.2, 0) is 0 Å². The van der Waals surface area contributed by atoms with Gasteiger partial charge in [-0.2, -0.15) is 0 Å². The summed E-state index contributed by atoms with van der Waals surface area (Å²) in [5.41, 5.74) is 3.06. The van der Waals surface area contributed by atoms with Gasteiger partial charge in [-0.05, 0) is 29.8 Å². The minimum Gasteiger partial charge on any atom is -0.495 e. The highest BCUT2D eigenvalue weighted by molar-refractivity contribution is 5.82. The van der Waals surface area contributed by atoms with Crippen molar-refractivity contribution in [1.82, 2.24) is 4.90 Å². The first-order chi connectivity index (χ1) is 16.7. The summed E-state index contributed by atoms with van der Waals surface area (Å²) >= 11 is 0. The Morgan fingerprint density at radius 1 is 0.912 bits per heavy atom. The molecule has 34 heavy (non-hydrogen) atoms. The summed E-state index contributed by atoms with van der Waals surface area (Å²) in [4.78, 5) is 17.7. The molecule has 1 aliphatic heterocycles. The number of anilines is 1. The molecule has 0 N–H and O–H groups in total. The van der Waals surface area contributed by atoms with Gasteiger partial charge in [0.1, 0.15) is 30.0 Å². The smallest absolute Gasteiger partial charge is 0.200 e. The van der Waals surface area contributed by atoms with Crippen molar-refractivity contribution in [3.8, 4) is 22.6 Å². The molecule has 3 aromatic carbocycles. The minimum atomic E-state index is -0.0353. The molecule has 6 nitrogen and oxygen atoms in total. The first kappa shape index (κ1) is 22.0. The SMILES string of the molecule is COc1ccccc1N1CCN(CCOc2ccc3c(=O)c(-c4ccccc4)coc3c2)CC1. The maximum Gasteiger partial charge on any atom is 0.200 e. The normalized spacial score (nSPS) is 14.3. The van der Waals surface area contributed by atoms with Crippen LogP contribution in [0.5, 0.6) is 11.5 Å². The van der Waals surface area contributed by atoms with E-state index >= 15 is 0 Å². The van der Waals surface area contributed by atoms with Gasteiger partial charge in [-0.3, -0.25) is 9.69 Å². The highest BCUT2D eigenvalue weighted by atomic mass is 16.5. The van der Waals surface area contributed by atoms with E-state index in [4.69, 9.17) is 13.9 Å². The van der Waals surface area contributed by atoms with Gasteiger partial charge in [0.25, 0.3) is 0 Å². The van der Waals surface area contributed by atoms with E-state index in [2.05, 4.69) is 15.9 Å². The predicted molar refractivity (Wildman–Crippen MR) is 135 cm³/mol. The molecule has 5 rings (SSSR count). The lowest BCUT2D eigenvalue weighted by atomic mass is 10.1. The number of rotatable bonds is 7. The first-order valence-corrected chi connectivity index (χ1v) is 11.6. The molecule has 0 aliphatic carbocycles. The lowest BCUT2D eigenvalue weighted by Gasteiger charge is -2.36. The molecule has 0 amide bonds. The molecule has 0 atom stereocenters. The van der Waals surface area contributed by atoms with Crippen molar-refractivity contribution in [3.63, 3.8) is 0 Å². The summed E-state index contributed by atoms with van der Waals surface area (Å²) in [5.74, 6) is 1.62. The van der Waals surface area contributed by atoms with Crippen molar-refractivity contribution in [3.05, 3.63) is 89.3 Å². The molecule has 1 aliphatic rings. The average Bonchev–Trinajstić information content (AvgIpc) is 2.90. The van der Waals surface area contributed by atoms with Crippen molar-refractivity contribution in [2.75, 3.05) is 51.3 Å². The second kappa shape index (κ2) is 10.0. The summed E-state index contributed by atoms with van der Waals surface area (Å²) < 4.78 is 17.3. The quantitative estimate of drug-likeness (QED) is 0.403. The summed E-state index contributed by atoms with van der Waals surface area (Å²) in [5, 5.41) is 0.557. The van der Waals surface area contributed by atoms with Gasteiger partial charge in [0.05, 0.1) is 23.7 Å². The van der Waals surface area contributed by atoms with Gasteiger partial charge in [0, 0.05) is 38.8 Å². The Balaban J connectivity index is 1.17. The second-order valence-electron chi connectivity index (χ2n) is 8.35. The third kappa shape index (κ3) is 4.63.